The number of rotatable bonds is 9. The summed E-state index contributed by atoms with van der Waals surface area (Å²) in [6.07, 6.45) is 5.40. The molecule has 6 nitrogen and oxygen atoms in total. The number of amides is 1. The van der Waals surface area contributed by atoms with E-state index in [4.69, 9.17) is 9.47 Å². The first-order valence-electron chi connectivity index (χ1n) is 10.3. The smallest absolute Gasteiger partial charge is 0.227 e. The van der Waals surface area contributed by atoms with Crippen LogP contribution in [-0.4, -0.2) is 67.7 Å². The third-order valence-electron chi connectivity index (χ3n) is 5.82. The number of carbonyl (C=O) groups excluding carboxylic acids is 1. The maximum Gasteiger partial charge on any atom is 0.227 e. The molecule has 0 aliphatic carbocycles. The van der Waals surface area contributed by atoms with E-state index in [2.05, 4.69) is 41.9 Å². The Morgan fingerprint density at radius 1 is 1.10 bits per heavy atom. The molecule has 2 aromatic rings. The van der Waals surface area contributed by atoms with E-state index in [0.717, 1.165) is 56.8 Å². The van der Waals surface area contributed by atoms with Crippen molar-refractivity contribution >= 4 is 5.91 Å². The van der Waals surface area contributed by atoms with Crippen molar-refractivity contribution < 1.29 is 14.3 Å². The Kier molecular flexibility index (Phi) is 7.20. The summed E-state index contributed by atoms with van der Waals surface area (Å²) in [6, 6.07) is 8.23. The maximum atomic E-state index is 12.8. The van der Waals surface area contributed by atoms with Crippen molar-refractivity contribution in [2.75, 3.05) is 47.4 Å². The average molecular weight is 400 g/mol. The molecule has 2 heterocycles. The van der Waals surface area contributed by atoms with Crippen molar-refractivity contribution in [1.82, 2.24) is 14.4 Å². The Bertz CT molecular complexity index is 831. The average Bonchev–Trinajstić information content (AvgIpc) is 3.06. The lowest BCUT2D eigenvalue weighted by molar-refractivity contribution is -0.130. The molecule has 0 bridgehead atoms. The molecule has 0 radical (unpaired) electrons. The van der Waals surface area contributed by atoms with Crippen LogP contribution in [0.15, 0.2) is 30.5 Å². The summed E-state index contributed by atoms with van der Waals surface area (Å²) in [5.41, 5.74) is 3.58. The summed E-state index contributed by atoms with van der Waals surface area (Å²) in [5, 5.41) is 0. The summed E-state index contributed by atoms with van der Waals surface area (Å²) in [5.74, 6) is 1.61. The fraction of sp³-hybridized carbons (Fsp3) is 0.522. The van der Waals surface area contributed by atoms with E-state index in [9.17, 15) is 4.79 Å². The van der Waals surface area contributed by atoms with Crippen molar-refractivity contribution in [2.45, 2.75) is 25.7 Å². The summed E-state index contributed by atoms with van der Waals surface area (Å²) in [6.45, 7) is 3.57. The maximum absolute atomic E-state index is 12.8. The first kappa shape index (κ1) is 21.2. The number of methoxy groups -OCH3 is 2. The minimum atomic E-state index is 0.197. The normalized spacial score (nSPS) is 14.1. The predicted molar refractivity (Wildman–Crippen MR) is 115 cm³/mol. The zero-order valence-corrected chi connectivity index (χ0v) is 18.1. The van der Waals surface area contributed by atoms with Crippen LogP contribution in [0, 0.1) is 0 Å². The van der Waals surface area contributed by atoms with Gasteiger partial charge < -0.3 is 23.8 Å². The van der Waals surface area contributed by atoms with E-state index >= 15 is 0 Å². The van der Waals surface area contributed by atoms with E-state index in [1.165, 1.54) is 11.3 Å². The van der Waals surface area contributed by atoms with Gasteiger partial charge in [-0.3, -0.25) is 4.79 Å². The SMILES string of the molecule is COc1cc2c(cc1OC)CC(=O)N(CCCN(C)CCc1cccn1C)CC2. The van der Waals surface area contributed by atoms with Crippen LogP contribution in [0.3, 0.4) is 0 Å². The molecule has 1 aromatic carbocycles. The molecule has 0 atom stereocenters. The Hall–Kier alpha value is -2.47. The monoisotopic (exact) mass is 399 g/mol. The lowest BCUT2D eigenvalue weighted by Gasteiger charge is -2.23. The van der Waals surface area contributed by atoms with Crippen LogP contribution in [0.1, 0.15) is 23.2 Å². The Morgan fingerprint density at radius 3 is 2.48 bits per heavy atom. The molecule has 1 aromatic heterocycles. The number of likely N-dealkylation sites (N-methyl/N-ethyl adjacent to an activating group) is 1. The van der Waals surface area contributed by atoms with Gasteiger partial charge in [-0.1, -0.05) is 0 Å². The Balaban J connectivity index is 1.49. The number of hydrogen-bond donors (Lipinski definition) is 0. The molecule has 0 spiro atoms. The highest BCUT2D eigenvalue weighted by Crippen LogP contribution is 2.32. The highest BCUT2D eigenvalue weighted by atomic mass is 16.5. The van der Waals surface area contributed by atoms with E-state index < -0.39 is 0 Å². The lowest BCUT2D eigenvalue weighted by Crippen LogP contribution is -2.35. The van der Waals surface area contributed by atoms with E-state index in [-0.39, 0.29) is 5.91 Å². The van der Waals surface area contributed by atoms with Crippen LogP contribution < -0.4 is 9.47 Å². The van der Waals surface area contributed by atoms with E-state index in [0.29, 0.717) is 12.2 Å². The molecule has 0 N–H and O–H groups in total. The minimum Gasteiger partial charge on any atom is -0.493 e. The third kappa shape index (κ3) is 5.32. The summed E-state index contributed by atoms with van der Waals surface area (Å²) >= 11 is 0. The summed E-state index contributed by atoms with van der Waals surface area (Å²) < 4.78 is 13.0. The second-order valence-electron chi connectivity index (χ2n) is 7.80. The fourth-order valence-corrected chi connectivity index (χ4v) is 3.96. The van der Waals surface area contributed by atoms with Gasteiger partial charge >= 0.3 is 0 Å². The van der Waals surface area contributed by atoms with Gasteiger partial charge in [0.1, 0.15) is 0 Å². The second-order valence-corrected chi connectivity index (χ2v) is 7.80. The Morgan fingerprint density at radius 2 is 1.83 bits per heavy atom. The third-order valence-corrected chi connectivity index (χ3v) is 5.82. The van der Waals surface area contributed by atoms with Crippen molar-refractivity contribution in [2.24, 2.45) is 7.05 Å². The van der Waals surface area contributed by atoms with Crippen LogP contribution in [0.4, 0.5) is 0 Å². The van der Waals surface area contributed by atoms with Crippen molar-refractivity contribution in [3.63, 3.8) is 0 Å². The molecule has 0 saturated heterocycles. The van der Waals surface area contributed by atoms with Gasteiger partial charge in [0.05, 0.1) is 20.6 Å². The van der Waals surface area contributed by atoms with E-state index in [1.54, 1.807) is 14.2 Å². The first-order valence-corrected chi connectivity index (χ1v) is 10.3. The van der Waals surface area contributed by atoms with Crippen LogP contribution >= 0.6 is 0 Å². The standard InChI is InChI=1S/C23H33N3O3/c1-24(13-9-20-7-5-11-25(20)2)10-6-12-26-14-8-18-15-21(28-3)22(29-4)16-19(18)17-23(26)27/h5,7,11,15-16H,6,8-10,12-14,17H2,1-4H3. The molecule has 29 heavy (non-hydrogen) atoms. The number of aromatic nitrogens is 1. The quantitative estimate of drug-likeness (QED) is 0.650. The number of nitrogens with zero attached hydrogens (tertiary/aromatic N) is 3. The number of benzene rings is 1. The van der Waals surface area contributed by atoms with Crippen LogP contribution in [0.5, 0.6) is 11.5 Å². The van der Waals surface area contributed by atoms with Gasteiger partial charge in [-0.15, -0.1) is 0 Å². The molecule has 1 aliphatic rings. The van der Waals surface area contributed by atoms with Gasteiger partial charge in [0.15, 0.2) is 11.5 Å². The molecule has 0 fully saturated rings. The van der Waals surface area contributed by atoms with Gasteiger partial charge in [-0.2, -0.15) is 0 Å². The summed E-state index contributed by atoms with van der Waals surface area (Å²) in [7, 11) is 7.52. The lowest BCUT2D eigenvalue weighted by atomic mass is 10.0. The zero-order chi connectivity index (χ0) is 20.8. The Labute approximate surface area is 174 Å². The fourth-order valence-electron chi connectivity index (χ4n) is 3.96. The highest BCUT2D eigenvalue weighted by Gasteiger charge is 2.22. The van der Waals surface area contributed by atoms with Gasteiger partial charge in [-0.05, 0) is 61.8 Å². The number of hydrogen-bond acceptors (Lipinski definition) is 4. The number of carbonyl (C=O) groups is 1. The molecule has 3 rings (SSSR count). The van der Waals surface area contributed by atoms with Gasteiger partial charge in [0.2, 0.25) is 5.91 Å². The van der Waals surface area contributed by atoms with Gasteiger partial charge in [0.25, 0.3) is 0 Å². The largest absolute Gasteiger partial charge is 0.493 e. The van der Waals surface area contributed by atoms with Gasteiger partial charge in [-0.25, -0.2) is 0 Å². The van der Waals surface area contributed by atoms with Crippen molar-refractivity contribution in [1.29, 1.82) is 0 Å². The molecule has 0 saturated carbocycles. The van der Waals surface area contributed by atoms with E-state index in [1.807, 2.05) is 17.0 Å². The second kappa shape index (κ2) is 9.83. The molecule has 6 heteroatoms. The van der Waals surface area contributed by atoms with Crippen molar-refractivity contribution in [3.8, 4) is 11.5 Å². The zero-order valence-electron chi connectivity index (χ0n) is 18.1. The number of ether oxygens (including phenoxy) is 2. The number of fused-ring (bicyclic) bond motifs is 1. The van der Waals surface area contributed by atoms with Gasteiger partial charge in [0, 0.05) is 45.0 Å². The highest BCUT2D eigenvalue weighted by molar-refractivity contribution is 5.80. The minimum absolute atomic E-state index is 0.197. The first-order chi connectivity index (χ1) is 14.0. The van der Waals surface area contributed by atoms with Crippen molar-refractivity contribution in [3.05, 3.63) is 47.3 Å². The molecular weight excluding hydrogens is 366 g/mol. The van der Waals surface area contributed by atoms with Crippen LogP contribution in [-0.2, 0) is 31.1 Å². The molecule has 1 amide bonds. The molecule has 158 valence electrons. The predicted octanol–water partition coefficient (Wildman–Crippen LogP) is 2.53. The van der Waals surface area contributed by atoms with Crippen LogP contribution in [0.2, 0.25) is 0 Å². The topological polar surface area (TPSA) is 46.9 Å². The number of aryl methyl sites for hydroxylation is 1. The molecule has 1 aliphatic heterocycles. The molecule has 0 unspecified atom stereocenters. The van der Waals surface area contributed by atoms with Crippen LogP contribution in [0.25, 0.3) is 0 Å². The molecular formula is C23H33N3O3. The summed E-state index contributed by atoms with van der Waals surface area (Å²) in [4.78, 5) is 17.1.